The minimum Gasteiger partial charge on any atom is -0.496 e. The highest BCUT2D eigenvalue weighted by Gasteiger charge is 2.39. The Morgan fingerprint density at radius 2 is 2.08 bits per heavy atom. The van der Waals surface area contributed by atoms with Crippen LogP contribution in [0.4, 0.5) is 0 Å². The summed E-state index contributed by atoms with van der Waals surface area (Å²) in [6, 6.07) is 4.87. The summed E-state index contributed by atoms with van der Waals surface area (Å²) < 4.78 is 33.2. The summed E-state index contributed by atoms with van der Waals surface area (Å²) in [7, 11) is -1.66. The van der Waals surface area contributed by atoms with Gasteiger partial charge in [-0.3, -0.25) is 9.59 Å². The van der Waals surface area contributed by atoms with Gasteiger partial charge in [-0.05, 0) is 31.5 Å². The van der Waals surface area contributed by atoms with Crippen LogP contribution in [0.2, 0.25) is 5.02 Å². The highest BCUT2D eigenvalue weighted by atomic mass is 35.5. The first-order valence-corrected chi connectivity index (χ1v) is 9.82. The number of esters is 1. The molecular weight excluding hydrogens is 370 g/mol. The molecule has 138 valence electrons. The Kier molecular flexibility index (Phi) is 5.95. The molecule has 25 heavy (non-hydrogen) atoms. The van der Waals surface area contributed by atoms with Gasteiger partial charge in [-0.2, -0.15) is 0 Å². The number of nitrogens with one attached hydrogen (secondary N) is 1. The summed E-state index contributed by atoms with van der Waals surface area (Å²) in [5, 5.41) is 3.08. The minimum absolute atomic E-state index is 0.0398. The van der Waals surface area contributed by atoms with Crippen LogP contribution in [0.5, 0.6) is 5.75 Å². The van der Waals surface area contributed by atoms with Crippen LogP contribution in [0.1, 0.15) is 18.9 Å². The van der Waals surface area contributed by atoms with E-state index in [1.165, 1.54) is 7.11 Å². The Balaban J connectivity index is 1.86. The molecule has 7 nitrogen and oxygen atoms in total. The standard InChI is InChI=1S/C16H20ClNO6S/c1-16(5-6-25(21,22)10-16)18-14(19)9-24-15(20)8-11-7-12(17)3-4-13(11)23-2/h3-4,7H,5-6,8-10H2,1-2H3,(H,18,19)/t16-/m0/s1. The van der Waals surface area contributed by atoms with Crippen LogP contribution in [-0.2, 0) is 30.6 Å². The van der Waals surface area contributed by atoms with Crippen molar-refractivity contribution >= 4 is 33.3 Å². The second-order valence-electron chi connectivity index (χ2n) is 6.24. The van der Waals surface area contributed by atoms with Gasteiger partial charge in [0, 0.05) is 10.6 Å². The van der Waals surface area contributed by atoms with Crippen LogP contribution in [0.25, 0.3) is 0 Å². The average Bonchev–Trinajstić information content (AvgIpc) is 2.78. The zero-order valence-corrected chi connectivity index (χ0v) is 15.6. The van der Waals surface area contributed by atoms with E-state index in [0.717, 1.165) is 0 Å². The lowest BCUT2D eigenvalue weighted by Gasteiger charge is -2.23. The zero-order valence-electron chi connectivity index (χ0n) is 14.0. The van der Waals surface area contributed by atoms with E-state index in [0.29, 0.717) is 22.8 Å². The number of halogens is 1. The highest BCUT2D eigenvalue weighted by Crippen LogP contribution is 2.24. The lowest BCUT2D eigenvalue weighted by Crippen LogP contribution is -2.48. The van der Waals surface area contributed by atoms with Crippen molar-refractivity contribution in [2.75, 3.05) is 25.2 Å². The number of carbonyl (C=O) groups is 2. The fourth-order valence-corrected chi connectivity index (χ4v) is 5.01. The quantitative estimate of drug-likeness (QED) is 0.732. The van der Waals surface area contributed by atoms with Crippen LogP contribution >= 0.6 is 11.6 Å². The van der Waals surface area contributed by atoms with Crippen molar-refractivity contribution in [1.29, 1.82) is 0 Å². The van der Waals surface area contributed by atoms with E-state index in [9.17, 15) is 18.0 Å². The summed E-state index contributed by atoms with van der Waals surface area (Å²) in [4.78, 5) is 23.8. The maximum absolute atomic E-state index is 11.9. The van der Waals surface area contributed by atoms with Gasteiger partial charge in [0.1, 0.15) is 5.75 Å². The molecule has 1 aromatic carbocycles. The predicted molar refractivity (Wildman–Crippen MR) is 92.5 cm³/mol. The van der Waals surface area contributed by atoms with E-state index in [1.807, 2.05) is 0 Å². The van der Waals surface area contributed by atoms with Crippen molar-refractivity contribution in [3.05, 3.63) is 28.8 Å². The second-order valence-corrected chi connectivity index (χ2v) is 8.86. The maximum atomic E-state index is 11.9. The molecule has 0 bridgehead atoms. The molecule has 1 aliphatic heterocycles. The first-order valence-electron chi connectivity index (χ1n) is 7.62. The summed E-state index contributed by atoms with van der Waals surface area (Å²) in [5.41, 5.74) is -0.271. The molecule has 0 radical (unpaired) electrons. The lowest BCUT2D eigenvalue weighted by molar-refractivity contribution is -0.148. The molecule has 0 unspecified atom stereocenters. The lowest BCUT2D eigenvalue weighted by atomic mass is 10.0. The summed E-state index contributed by atoms with van der Waals surface area (Å²) in [6.07, 6.45) is 0.247. The molecule has 1 saturated heterocycles. The number of amides is 1. The van der Waals surface area contributed by atoms with Gasteiger partial charge in [-0.1, -0.05) is 11.6 Å². The molecule has 2 rings (SSSR count). The number of hydrogen-bond acceptors (Lipinski definition) is 6. The highest BCUT2D eigenvalue weighted by molar-refractivity contribution is 7.91. The van der Waals surface area contributed by atoms with Crippen LogP contribution < -0.4 is 10.1 Å². The molecule has 0 aliphatic carbocycles. The monoisotopic (exact) mass is 389 g/mol. The molecule has 9 heteroatoms. The molecule has 1 N–H and O–H groups in total. The SMILES string of the molecule is COc1ccc(Cl)cc1CC(=O)OCC(=O)N[C@@]1(C)CCS(=O)(=O)C1. The topological polar surface area (TPSA) is 98.8 Å². The van der Waals surface area contributed by atoms with Gasteiger partial charge in [0.2, 0.25) is 0 Å². The van der Waals surface area contributed by atoms with E-state index in [1.54, 1.807) is 25.1 Å². The van der Waals surface area contributed by atoms with Gasteiger partial charge in [0.05, 0.1) is 30.6 Å². The molecule has 1 aromatic rings. The molecule has 0 spiro atoms. The molecular formula is C16H20ClNO6S. The van der Waals surface area contributed by atoms with Gasteiger partial charge < -0.3 is 14.8 Å². The van der Waals surface area contributed by atoms with E-state index >= 15 is 0 Å². The molecule has 0 saturated carbocycles. The fraction of sp³-hybridized carbons (Fsp3) is 0.500. The summed E-state index contributed by atoms with van der Waals surface area (Å²) in [6.45, 7) is 1.19. The Bertz CT molecular complexity index is 779. The van der Waals surface area contributed by atoms with Crippen molar-refractivity contribution in [3.63, 3.8) is 0 Å². The van der Waals surface area contributed by atoms with E-state index < -0.39 is 33.9 Å². The first kappa shape index (κ1) is 19.5. The summed E-state index contributed by atoms with van der Waals surface area (Å²) >= 11 is 5.90. The number of hydrogen-bond donors (Lipinski definition) is 1. The number of rotatable bonds is 6. The Hall–Kier alpha value is -1.80. The molecule has 1 amide bonds. The van der Waals surface area contributed by atoms with Gasteiger partial charge in [0.15, 0.2) is 16.4 Å². The maximum Gasteiger partial charge on any atom is 0.310 e. The second kappa shape index (κ2) is 7.61. The predicted octanol–water partition coefficient (Wildman–Crippen LogP) is 1.13. The van der Waals surface area contributed by atoms with Crippen LogP contribution in [0.15, 0.2) is 18.2 Å². The summed E-state index contributed by atoms with van der Waals surface area (Å²) in [5.74, 6) is -0.724. The third kappa shape index (κ3) is 5.61. The third-order valence-electron chi connectivity index (χ3n) is 3.89. The normalized spacial score (nSPS) is 21.6. The van der Waals surface area contributed by atoms with E-state index in [4.69, 9.17) is 21.1 Å². The third-order valence-corrected chi connectivity index (χ3v) is 6.02. The number of ether oxygens (including phenoxy) is 2. The van der Waals surface area contributed by atoms with Crippen molar-refractivity contribution in [2.24, 2.45) is 0 Å². The number of sulfone groups is 1. The van der Waals surface area contributed by atoms with Crippen LogP contribution in [0, 0.1) is 0 Å². The fourth-order valence-electron chi connectivity index (χ4n) is 2.72. The van der Waals surface area contributed by atoms with E-state index in [2.05, 4.69) is 5.32 Å². The van der Waals surface area contributed by atoms with Crippen molar-refractivity contribution in [2.45, 2.75) is 25.3 Å². The van der Waals surface area contributed by atoms with Gasteiger partial charge in [-0.15, -0.1) is 0 Å². The van der Waals surface area contributed by atoms with Crippen LogP contribution in [-0.4, -0.2) is 51.1 Å². The van der Waals surface area contributed by atoms with Gasteiger partial charge >= 0.3 is 5.97 Å². The van der Waals surface area contributed by atoms with Gasteiger partial charge in [0.25, 0.3) is 5.91 Å². The average molecular weight is 390 g/mol. The Morgan fingerprint density at radius 3 is 2.68 bits per heavy atom. The molecule has 0 aromatic heterocycles. The van der Waals surface area contributed by atoms with Crippen LogP contribution in [0.3, 0.4) is 0 Å². The smallest absolute Gasteiger partial charge is 0.310 e. The minimum atomic E-state index is -3.13. The largest absolute Gasteiger partial charge is 0.496 e. The first-order chi connectivity index (χ1) is 11.6. The molecule has 1 atom stereocenters. The van der Waals surface area contributed by atoms with Gasteiger partial charge in [-0.25, -0.2) is 8.42 Å². The van der Waals surface area contributed by atoms with Crippen molar-refractivity contribution < 1.29 is 27.5 Å². The Morgan fingerprint density at radius 1 is 1.36 bits per heavy atom. The number of carbonyl (C=O) groups excluding carboxylic acids is 2. The van der Waals surface area contributed by atoms with E-state index in [-0.39, 0.29) is 17.9 Å². The van der Waals surface area contributed by atoms with Crippen molar-refractivity contribution in [3.8, 4) is 5.75 Å². The van der Waals surface area contributed by atoms with Crippen molar-refractivity contribution in [1.82, 2.24) is 5.32 Å². The Labute approximate surface area is 151 Å². The molecule has 1 aliphatic rings. The number of benzene rings is 1. The molecule has 1 heterocycles. The molecule has 1 fully saturated rings. The number of methoxy groups -OCH3 is 1. The zero-order chi connectivity index (χ0) is 18.7.